The van der Waals surface area contributed by atoms with Crippen molar-refractivity contribution in [2.45, 2.75) is 20.4 Å². The van der Waals surface area contributed by atoms with E-state index in [9.17, 15) is 9.59 Å². The number of hydrogen-bond donors (Lipinski definition) is 2. The van der Waals surface area contributed by atoms with Gasteiger partial charge < -0.3 is 10.4 Å². The molecule has 0 saturated heterocycles. The van der Waals surface area contributed by atoms with Crippen LogP contribution < -0.4 is 5.32 Å². The number of aromatic nitrogens is 2. The van der Waals surface area contributed by atoms with E-state index >= 15 is 0 Å². The van der Waals surface area contributed by atoms with Gasteiger partial charge in [0.05, 0.1) is 12.2 Å². The molecule has 0 saturated carbocycles. The minimum Gasteiger partial charge on any atom is -0.480 e. The lowest BCUT2D eigenvalue weighted by atomic mass is 10.1. The normalized spacial score (nSPS) is 10.4. The van der Waals surface area contributed by atoms with Gasteiger partial charge in [0.2, 0.25) is 0 Å². The Kier molecular flexibility index (Phi) is 4.37. The summed E-state index contributed by atoms with van der Waals surface area (Å²) >= 11 is 0. The largest absolute Gasteiger partial charge is 0.480 e. The zero-order valence-corrected chi connectivity index (χ0v) is 12.0. The van der Waals surface area contributed by atoms with Gasteiger partial charge in [-0.25, -0.2) is 0 Å². The maximum atomic E-state index is 11.8. The van der Waals surface area contributed by atoms with Crippen LogP contribution in [-0.2, 0) is 11.3 Å². The molecule has 6 heteroatoms. The van der Waals surface area contributed by atoms with E-state index in [1.165, 1.54) is 0 Å². The van der Waals surface area contributed by atoms with E-state index < -0.39 is 11.9 Å². The summed E-state index contributed by atoms with van der Waals surface area (Å²) in [6, 6.07) is 9.07. The Balaban J connectivity index is 2.12. The monoisotopic (exact) mass is 287 g/mol. The first-order valence-corrected chi connectivity index (χ1v) is 6.55. The number of carboxylic acid groups (broad SMARTS) is 1. The van der Waals surface area contributed by atoms with Gasteiger partial charge in [0.15, 0.2) is 0 Å². The third-order valence-electron chi connectivity index (χ3n) is 3.03. The number of hydrogen-bond acceptors (Lipinski definition) is 3. The van der Waals surface area contributed by atoms with E-state index in [1.807, 2.05) is 30.7 Å². The number of carbonyl (C=O) groups excluding carboxylic acids is 1. The third kappa shape index (κ3) is 3.92. The highest BCUT2D eigenvalue weighted by atomic mass is 16.4. The molecular formula is C15H17N3O3. The lowest BCUT2D eigenvalue weighted by Crippen LogP contribution is -2.29. The molecule has 0 fully saturated rings. The van der Waals surface area contributed by atoms with Crippen LogP contribution in [0, 0.1) is 13.8 Å². The standard InChI is InChI=1S/C15H17N3O3/c1-10-6-11(2)18(17-10)9-12-4-3-5-13(7-12)15(21)16-8-14(19)20/h3-7H,8-9H2,1-2H3,(H,16,21)(H,19,20). The van der Waals surface area contributed by atoms with Crippen molar-refractivity contribution in [2.24, 2.45) is 0 Å². The molecule has 0 radical (unpaired) electrons. The number of rotatable bonds is 5. The number of carbonyl (C=O) groups is 2. The van der Waals surface area contributed by atoms with Gasteiger partial charge in [0.25, 0.3) is 5.91 Å². The second kappa shape index (κ2) is 6.21. The fraction of sp³-hybridized carbons (Fsp3) is 0.267. The molecule has 0 bridgehead atoms. The first kappa shape index (κ1) is 14.8. The van der Waals surface area contributed by atoms with E-state index in [-0.39, 0.29) is 6.54 Å². The number of benzene rings is 1. The van der Waals surface area contributed by atoms with Gasteiger partial charge in [-0.05, 0) is 37.6 Å². The number of nitrogens with one attached hydrogen (secondary N) is 1. The van der Waals surface area contributed by atoms with E-state index in [4.69, 9.17) is 5.11 Å². The predicted molar refractivity (Wildman–Crippen MR) is 77.2 cm³/mol. The van der Waals surface area contributed by atoms with Gasteiger partial charge in [-0.15, -0.1) is 0 Å². The number of aryl methyl sites for hydroxylation is 2. The summed E-state index contributed by atoms with van der Waals surface area (Å²) in [5, 5.41) is 15.3. The quantitative estimate of drug-likeness (QED) is 0.869. The van der Waals surface area contributed by atoms with Gasteiger partial charge in [-0.2, -0.15) is 5.10 Å². The summed E-state index contributed by atoms with van der Waals surface area (Å²) < 4.78 is 1.86. The molecule has 1 amide bonds. The number of nitrogens with zero attached hydrogens (tertiary/aromatic N) is 2. The fourth-order valence-corrected chi connectivity index (χ4v) is 2.08. The Morgan fingerprint density at radius 3 is 2.67 bits per heavy atom. The Morgan fingerprint density at radius 2 is 2.05 bits per heavy atom. The van der Waals surface area contributed by atoms with E-state index in [0.29, 0.717) is 12.1 Å². The first-order chi connectivity index (χ1) is 9.95. The zero-order valence-electron chi connectivity index (χ0n) is 12.0. The molecule has 0 aliphatic heterocycles. The third-order valence-corrected chi connectivity index (χ3v) is 3.03. The van der Waals surface area contributed by atoms with Crippen molar-refractivity contribution in [3.8, 4) is 0 Å². The maximum Gasteiger partial charge on any atom is 0.322 e. The van der Waals surface area contributed by atoms with E-state index in [2.05, 4.69) is 10.4 Å². The second-order valence-corrected chi connectivity index (χ2v) is 4.86. The molecule has 110 valence electrons. The van der Waals surface area contributed by atoms with Crippen LogP contribution in [0.25, 0.3) is 0 Å². The first-order valence-electron chi connectivity index (χ1n) is 6.55. The molecule has 1 aromatic heterocycles. The van der Waals surface area contributed by atoms with Crippen molar-refractivity contribution in [3.63, 3.8) is 0 Å². The minimum atomic E-state index is -1.07. The lowest BCUT2D eigenvalue weighted by molar-refractivity contribution is -0.135. The van der Waals surface area contributed by atoms with Crippen molar-refractivity contribution in [2.75, 3.05) is 6.54 Å². The molecule has 21 heavy (non-hydrogen) atoms. The van der Waals surface area contributed by atoms with Crippen LogP contribution in [0.3, 0.4) is 0 Å². The molecular weight excluding hydrogens is 270 g/mol. The Bertz CT molecular complexity index is 677. The Morgan fingerprint density at radius 1 is 1.29 bits per heavy atom. The number of aliphatic carboxylic acids is 1. The molecule has 2 N–H and O–H groups in total. The highest BCUT2D eigenvalue weighted by Gasteiger charge is 2.08. The number of carboxylic acids is 1. The van der Waals surface area contributed by atoms with Gasteiger partial charge >= 0.3 is 5.97 Å². The lowest BCUT2D eigenvalue weighted by Gasteiger charge is -2.07. The van der Waals surface area contributed by atoms with Crippen molar-refractivity contribution < 1.29 is 14.7 Å². The molecule has 6 nitrogen and oxygen atoms in total. The van der Waals surface area contributed by atoms with E-state index in [1.54, 1.807) is 18.2 Å². The van der Waals surface area contributed by atoms with Crippen LogP contribution in [0.2, 0.25) is 0 Å². The molecule has 0 aliphatic rings. The predicted octanol–water partition coefficient (Wildman–Crippen LogP) is 1.36. The molecule has 1 aromatic carbocycles. The molecule has 0 aliphatic carbocycles. The second-order valence-electron chi connectivity index (χ2n) is 4.86. The van der Waals surface area contributed by atoms with Crippen LogP contribution in [-0.4, -0.2) is 33.3 Å². The summed E-state index contributed by atoms with van der Waals surface area (Å²) in [6.07, 6.45) is 0. The van der Waals surface area contributed by atoms with Gasteiger partial charge in [0, 0.05) is 11.3 Å². The summed E-state index contributed by atoms with van der Waals surface area (Å²) in [4.78, 5) is 22.3. The molecule has 2 rings (SSSR count). The molecule has 0 unspecified atom stereocenters. The van der Waals surface area contributed by atoms with Crippen LogP contribution in [0.15, 0.2) is 30.3 Å². The highest BCUT2D eigenvalue weighted by molar-refractivity contribution is 5.95. The molecule has 2 aromatic rings. The van der Waals surface area contributed by atoms with Crippen molar-refractivity contribution >= 4 is 11.9 Å². The van der Waals surface area contributed by atoms with Gasteiger partial charge in [-0.1, -0.05) is 12.1 Å². The van der Waals surface area contributed by atoms with Crippen LogP contribution in [0.4, 0.5) is 0 Å². The zero-order chi connectivity index (χ0) is 15.4. The fourth-order valence-electron chi connectivity index (χ4n) is 2.08. The average Bonchev–Trinajstić information content (AvgIpc) is 2.74. The average molecular weight is 287 g/mol. The summed E-state index contributed by atoms with van der Waals surface area (Å²) in [6.45, 7) is 4.09. The molecule has 1 heterocycles. The van der Waals surface area contributed by atoms with Gasteiger partial charge in [-0.3, -0.25) is 14.3 Å². The Labute approximate surface area is 122 Å². The molecule has 0 spiro atoms. The van der Waals surface area contributed by atoms with Crippen LogP contribution >= 0.6 is 0 Å². The van der Waals surface area contributed by atoms with Crippen LogP contribution in [0.1, 0.15) is 27.3 Å². The van der Waals surface area contributed by atoms with E-state index in [0.717, 1.165) is 17.0 Å². The summed E-state index contributed by atoms with van der Waals surface area (Å²) in [7, 11) is 0. The Hall–Kier alpha value is -2.63. The van der Waals surface area contributed by atoms with Gasteiger partial charge in [0.1, 0.15) is 6.54 Å². The molecule has 0 atom stereocenters. The SMILES string of the molecule is Cc1cc(C)n(Cc2cccc(C(=O)NCC(=O)O)c2)n1. The number of amides is 1. The smallest absolute Gasteiger partial charge is 0.322 e. The highest BCUT2D eigenvalue weighted by Crippen LogP contribution is 2.10. The van der Waals surface area contributed by atoms with Crippen molar-refractivity contribution in [1.29, 1.82) is 0 Å². The minimum absolute atomic E-state index is 0.388. The topological polar surface area (TPSA) is 84.2 Å². The maximum absolute atomic E-state index is 11.8. The summed E-state index contributed by atoms with van der Waals surface area (Å²) in [5.74, 6) is -1.46. The van der Waals surface area contributed by atoms with Crippen molar-refractivity contribution in [3.05, 3.63) is 52.8 Å². The van der Waals surface area contributed by atoms with Crippen molar-refractivity contribution in [1.82, 2.24) is 15.1 Å². The van der Waals surface area contributed by atoms with Crippen LogP contribution in [0.5, 0.6) is 0 Å². The summed E-state index contributed by atoms with van der Waals surface area (Å²) in [5.41, 5.74) is 3.37.